The molecule has 3 atom stereocenters. The Labute approximate surface area is 106 Å². The molecule has 3 unspecified atom stereocenters. The summed E-state index contributed by atoms with van der Waals surface area (Å²) in [5.74, 6) is 0.700. The zero-order valence-electron chi connectivity index (χ0n) is 12.0. The lowest BCUT2D eigenvalue weighted by molar-refractivity contribution is 0.00118. The number of piperazine rings is 1. The summed E-state index contributed by atoms with van der Waals surface area (Å²) < 4.78 is 5.75. The monoisotopic (exact) mass is 240 g/mol. The van der Waals surface area contributed by atoms with Crippen LogP contribution >= 0.6 is 0 Å². The Hall–Kier alpha value is -0.120. The summed E-state index contributed by atoms with van der Waals surface area (Å²) in [6.07, 6.45) is 1.59. The minimum absolute atomic E-state index is 0.230. The molecular formula is C14H28N2O. The van der Waals surface area contributed by atoms with E-state index in [1.807, 2.05) is 0 Å². The molecule has 1 N–H and O–H groups in total. The van der Waals surface area contributed by atoms with Gasteiger partial charge in [-0.2, -0.15) is 0 Å². The summed E-state index contributed by atoms with van der Waals surface area (Å²) in [7, 11) is 0. The van der Waals surface area contributed by atoms with Gasteiger partial charge in [-0.05, 0) is 33.1 Å². The molecule has 0 saturated carbocycles. The lowest BCUT2D eigenvalue weighted by Crippen LogP contribution is -2.66. The van der Waals surface area contributed by atoms with E-state index >= 15 is 0 Å². The van der Waals surface area contributed by atoms with Gasteiger partial charge in [0.15, 0.2) is 0 Å². The Morgan fingerprint density at radius 3 is 2.59 bits per heavy atom. The van der Waals surface area contributed by atoms with Crippen molar-refractivity contribution >= 4 is 0 Å². The molecule has 0 aromatic heterocycles. The normalized spacial score (nSPS) is 38.8. The highest BCUT2D eigenvalue weighted by Crippen LogP contribution is 2.28. The molecule has 0 aromatic carbocycles. The minimum Gasteiger partial charge on any atom is -0.377 e. The van der Waals surface area contributed by atoms with Crippen molar-refractivity contribution < 1.29 is 4.74 Å². The molecule has 2 aliphatic heterocycles. The van der Waals surface area contributed by atoms with E-state index in [2.05, 4.69) is 44.8 Å². The lowest BCUT2D eigenvalue weighted by Gasteiger charge is -2.49. The maximum absolute atomic E-state index is 5.75. The molecule has 2 fully saturated rings. The molecule has 0 amide bonds. The molecule has 2 rings (SSSR count). The van der Waals surface area contributed by atoms with Gasteiger partial charge in [-0.25, -0.2) is 0 Å². The second-order valence-electron chi connectivity index (χ2n) is 6.68. The fourth-order valence-electron chi connectivity index (χ4n) is 3.27. The van der Waals surface area contributed by atoms with Gasteiger partial charge in [0.05, 0.1) is 6.10 Å². The highest BCUT2D eigenvalue weighted by Gasteiger charge is 2.41. The van der Waals surface area contributed by atoms with Crippen molar-refractivity contribution in [3.63, 3.8) is 0 Å². The SMILES string of the molecule is CC(C)C1CNC(C)(C)CN1C1CCOC1C. The lowest BCUT2D eigenvalue weighted by atomic mass is 9.90. The van der Waals surface area contributed by atoms with Gasteiger partial charge >= 0.3 is 0 Å². The Balaban J connectivity index is 2.13. The molecular weight excluding hydrogens is 212 g/mol. The van der Waals surface area contributed by atoms with Crippen molar-refractivity contribution in [2.45, 2.75) is 64.8 Å². The molecule has 0 aromatic rings. The molecule has 0 radical (unpaired) electrons. The summed E-state index contributed by atoms with van der Waals surface area (Å²) >= 11 is 0. The first kappa shape index (κ1) is 13.3. The topological polar surface area (TPSA) is 24.5 Å². The van der Waals surface area contributed by atoms with Gasteiger partial charge in [0.2, 0.25) is 0 Å². The first-order valence-electron chi connectivity index (χ1n) is 7.03. The fraction of sp³-hybridized carbons (Fsp3) is 1.00. The molecule has 3 nitrogen and oxygen atoms in total. The average molecular weight is 240 g/mol. The number of ether oxygens (including phenoxy) is 1. The van der Waals surface area contributed by atoms with E-state index in [9.17, 15) is 0 Å². The van der Waals surface area contributed by atoms with Crippen molar-refractivity contribution in [3.05, 3.63) is 0 Å². The zero-order chi connectivity index (χ0) is 12.6. The average Bonchev–Trinajstić information content (AvgIpc) is 2.62. The second-order valence-corrected chi connectivity index (χ2v) is 6.68. The third kappa shape index (κ3) is 2.83. The summed E-state index contributed by atoms with van der Waals surface area (Å²) in [5, 5.41) is 3.68. The Morgan fingerprint density at radius 1 is 1.35 bits per heavy atom. The number of rotatable bonds is 2. The zero-order valence-corrected chi connectivity index (χ0v) is 12.0. The van der Waals surface area contributed by atoms with E-state index in [0.717, 1.165) is 19.7 Å². The van der Waals surface area contributed by atoms with Crippen LogP contribution in [0.25, 0.3) is 0 Å². The van der Waals surface area contributed by atoms with Gasteiger partial charge in [-0.1, -0.05) is 13.8 Å². The van der Waals surface area contributed by atoms with E-state index in [4.69, 9.17) is 4.74 Å². The standard InChI is InChI=1S/C14H28N2O/c1-10(2)13-8-15-14(4,5)9-16(13)12-6-7-17-11(12)3/h10-13,15H,6-9H2,1-5H3. The van der Waals surface area contributed by atoms with Gasteiger partial charge in [0.1, 0.15) is 0 Å². The van der Waals surface area contributed by atoms with Crippen LogP contribution in [0.1, 0.15) is 41.0 Å². The van der Waals surface area contributed by atoms with Gasteiger partial charge in [-0.3, -0.25) is 4.90 Å². The first-order chi connectivity index (χ1) is 7.91. The Bertz CT molecular complexity index is 263. The maximum Gasteiger partial charge on any atom is 0.0703 e. The Morgan fingerprint density at radius 2 is 2.06 bits per heavy atom. The quantitative estimate of drug-likeness (QED) is 0.797. The molecule has 0 bridgehead atoms. The molecule has 2 saturated heterocycles. The van der Waals surface area contributed by atoms with Gasteiger partial charge in [-0.15, -0.1) is 0 Å². The maximum atomic E-state index is 5.75. The van der Waals surface area contributed by atoms with Crippen molar-refractivity contribution in [2.75, 3.05) is 19.7 Å². The molecule has 0 aliphatic carbocycles. The third-order valence-corrected chi connectivity index (χ3v) is 4.33. The van der Waals surface area contributed by atoms with E-state index in [1.54, 1.807) is 0 Å². The molecule has 100 valence electrons. The van der Waals surface area contributed by atoms with Crippen LogP contribution in [0.15, 0.2) is 0 Å². The Kier molecular flexibility index (Phi) is 3.81. The predicted octanol–water partition coefficient (Wildman–Crippen LogP) is 1.87. The van der Waals surface area contributed by atoms with Crippen LogP contribution in [0.3, 0.4) is 0 Å². The first-order valence-corrected chi connectivity index (χ1v) is 7.03. The van der Waals surface area contributed by atoms with Crippen molar-refractivity contribution in [1.29, 1.82) is 0 Å². The fourth-order valence-corrected chi connectivity index (χ4v) is 3.27. The van der Waals surface area contributed by atoms with E-state index in [0.29, 0.717) is 24.1 Å². The van der Waals surface area contributed by atoms with E-state index in [-0.39, 0.29) is 5.54 Å². The summed E-state index contributed by atoms with van der Waals surface area (Å²) in [5.41, 5.74) is 0.230. The van der Waals surface area contributed by atoms with Crippen LogP contribution in [0.5, 0.6) is 0 Å². The van der Waals surface area contributed by atoms with Crippen LogP contribution in [0, 0.1) is 5.92 Å². The van der Waals surface area contributed by atoms with Crippen molar-refractivity contribution in [1.82, 2.24) is 10.2 Å². The smallest absolute Gasteiger partial charge is 0.0703 e. The van der Waals surface area contributed by atoms with Crippen molar-refractivity contribution in [2.24, 2.45) is 5.92 Å². The van der Waals surface area contributed by atoms with E-state index < -0.39 is 0 Å². The highest BCUT2D eigenvalue weighted by atomic mass is 16.5. The summed E-state index contributed by atoms with van der Waals surface area (Å²) in [6, 6.07) is 1.26. The molecule has 17 heavy (non-hydrogen) atoms. The number of hydrogen-bond acceptors (Lipinski definition) is 3. The second kappa shape index (κ2) is 4.87. The largest absolute Gasteiger partial charge is 0.377 e. The van der Waals surface area contributed by atoms with Crippen LogP contribution in [0.2, 0.25) is 0 Å². The molecule has 2 aliphatic rings. The van der Waals surface area contributed by atoms with Crippen LogP contribution in [0.4, 0.5) is 0 Å². The number of hydrogen-bond donors (Lipinski definition) is 1. The summed E-state index contributed by atoms with van der Waals surface area (Å²) in [4.78, 5) is 2.71. The van der Waals surface area contributed by atoms with E-state index in [1.165, 1.54) is 6.42 Å². The van der Waals surface area contributed by atoms with Crippen molar-refractivity contribution in [3.8, 4) is 0 Å². The van der Waals surface area contributed by atoms with Gasteiger partial charge in [0, 0.05) is 37.3 Å². The molecule has 3 heteroatoms. The van der Waals surface area contributed by atoms with Crippen LogP contribution in [-0.4, -0.2) is 48.3 Å². The number of nitrogens with one attached hydrogen (secondary N) is 1. The highest BCUT2D eigenvalue weighted by molar-refractivity contribution is 4.98. The third-order valence-electron chi connectivity index (χ3n) is 4.33. The summed E-state index contributed by atoms with van der Waals surface area (Å²) in [6.45, 7) is 14.7. The van der Waals surface area contributed by atoms with Crippen LogP contribution < -0.4 is 5.32 Å². The molecule has 2 heterocycles. The van der Waals surface area contributed by atoms with Gasteiger partial charge < -0.3 is 10.1 Å². The molecule has 0 spiro atoms. The minimum atomic E-state index is 0.230. The predicted molar refractivity (Wildman–Crippen MR) is 71.2 cm³/mol. The van der Waals surface area contributed by atoms with Gasteiger partial charge in [0.25, 0.3) is 0 Å². The number of nitrogens with zero attached hydrogens (tertiary/aromatic N) is 1. The van der Waals surface area contributed by atoms with Crippen LogP contribution in [-0.2, 0) is 4.74 Å².